The lowest BCUT2D eigenvalue weighted by Crippen LogP contribution is -2.24. The van der Waals surface area contributed by atoms with Gasteiger partial charge in [-0.25, -0.2) is 0 Å². The van der Waals surface area contributed by atoms with Crippen molar-refractivity contribution in [1.82, 2.24) is 5.48 Å². The van der Waals surface area contributed by atoms with E-state index in [0.717, 1.165) is 24.2 Å². The Morgan fingerprint density at radius 3 is 2.81 bits per heavy atom. The summed E-state index contributed by atoms with van der Waals surface area (Å²) in [6.07, 6.45) is 3.91. The molecule has 16 heavy (non-hydrogen) atoms. The lowest BCUT2D eigenvalue weighted by molar-refractivity contribution is 0.0866. The van der Waals surface area contributed by atoms with Crippen LogP contribution in [0.5, 0.6) is 5.75 Å². The largest absolute Gasteiger partial charge is 0.489 e. The number of halogens is 1. The lowest BCUT2D eigenvalue weighted by atomic mass is 9.96. The van der Waals surface area contributed by atoms with Crippen molar-refractivity contribution in [3.8, 4) is 5.75 Å². The van der Waals surface area contributed by atoms with Crippen molar-refractivity contribution in [1.29, 1.82) is 0 Å². The van der Waals surface area contributed by atoms with Crippen molar-refractivity contribution in [3.05, 3.63) is 28.8 Å². The van der Waals surface area contributed by atoms with Crippen LogP contribution in [0.1, 0.15) is 24.8 Å². The van der Waals surface area contributed by atoms with Gasteiger partial charge in [0, 0.05) is 6.54 Å². The van der Waals surface area contributed by atoms with Crippen LogP contribution in [0.4, 0.5) is 0 Å². The molecule has 0 saturated heterocycles. The highest BCUT2D eigenvalue weighted by Crippen LogP contribution is 2.31. The van der Waals surface area contributed by atoms with Gasteiger partial charge in [-0.2, -0.15) is 5.48 Å². The molecule has 0 radical (unpaired) electrons. The Balaban J connectivity index is 1.97. The molecule has 1 saturated carbocycles. The molecule has 1 aromatic carbocycles. The summed E-state index contributed by atoms with van der Waals surface area (Å²) in [6.45, 7) is 0.639. The molecule has 0 heterocycles. The van der Waals surface area contributed by atoms with Gasteiger partial charge in [0.2, 0.25) is 0 Å². The Morgan fingerprint density at radius 2 is 2.25 bits per heavy atom. The smallest absolute Gasteiger partial charge is 0.138 e. The standard InChI is InChI=1S/C12H16ClNO2/c1-15-14-8-9-5-6-12(11(13)7-9)16-10-3-2-4-10/h5-7,10,14H,2-4,8H2,1H3. The second-order valence-corrected chi connectivity index (χ2v) is 4.37. The maximum atomic E-state index is 6.14. The molecule has 1 aliphatic rings. The first-order valence-corrected chi connectivity index (χ1v) is 5.88. The second kappa shape index (κ2) is 5.53. The third kappa shape index (κ3) is 2.88. The van der Waals surface area contributed by atoms with Crippen LogP contribution in [0, 0.1) is 0 Å². The van der Waals surface area contributed by atoms with Crippen LogP contribution in [0.2, 0.25) is 5.02 Å². The molecule has 1 aromatic rings. The first-order chi connectivity index (χ1) is 7.79. The van der Waals surface area contributed by atoms with Crippen molar-refractivity contribution in [2.24, 2.45) is 0 Å². The van der Waals surface area contributed by atoms with Crippen LogP contribution in [-0.4, -0.2) is 13.2 Å². The zero-order valence-corrected chi connectivity index (χ0v) is 10.1. The monoisotopic (exact) mass is 241 g/mol. The number of ether oxygens (including phenoxy) is 1. The first kappa shape index (κ1) is 11.7. The SMILES string of the molecule is CONCc1ccc(OC2CCC2)c(Cl)c1. The first-order valence-electron chi connectivity index (χ1n) is 5.50. The normalized spacial score (nSPS) is 15.9. The number of rotatable bonds is 5. The summed E-state index contributed by atoms with van der Waals surface area (Å²) in [5.74, 6) is 0.785. The van der Waals surface area contributed by atoms with E-state index in [0.29, 0.717) is 17.7 Å². The van der Waals surface area contributed by atoms with E-state index in [1.807, 2.05) is 18.2 Å². The predicted octanol–water partition coefficient (Wildman–Crippen LogP) is 2.92. The minimum Gasteiger partial charge on any atom is -0.489 e. The quantitative estimate of drug-likeness (QED) is 0.804. The Bertz CT molecular complexity index is 353. The van der Waals surface area contributed by atoms with E-state index in [4.69, 9.17) is 21.2 Å². The van der Waals surface area contributed by atoms with Crippen LogP contribution < -0.4 is 10.2 Å². The van der Waals surface area contributed by atoms with Gasteiger partial charge in [-0.3, -0.25) is 0 Å². The summed E-state index contributed by atoms with van der Waals surface area (Å²) in [7, 11) is 1.59. The second-order valence-electron chi connectivity index (χ2n) is 3.96. The fraction of sp³-hybridized carbons (Fsp3) is 0.500. The van der Waals surface area contributed by atoms with Crippen molar-refractivity contribution in [3.63, 3.8) is 0 Å². The van der Waals surface area contributed by atoms with E-state index in [1.165, 1.54) is 6.42 Å². The van der Waals surface area contributed by atoms with Gasteiger partial charge in [-0.05, 0) is 37.0 Å². The van der Waals surface area contributed by atoms with E-state index < -0.39 is 0 Å². The van der Waals surface area contributed by atoms with E-state index in [-0.39, 0.29) is 0 Å². The molecular formula is C12H16ClNO2. The van der Waals surface area contributed by atoms with Crippen LogP contribution in [0.3, 0.4) is 0 Å². The Kier molecular flexibility index (Phi) is 4.04. The average Bonchev–Trinajstić information content (AvgIpc) is 2.22. The van der Waals surface area contributed by atoms with Crippen LogP contribution in [-0.2, 0) is 11.4 Å². The van der Waals surface area contributed by atoms with Gasteiger partial charge in [0.15, 0.2) is 0 Å². The molecule has 0 aromatic heterocycles. The molecule has 1 aliphatic carbocycles. The average molecular weight is 242 g/mol. The third-order valence-corrected chi connectivity index (χ3v) is 3.06. The molecular weight excluding hydrogens is 226 g/mol. The summed E-state index contributed by atoms with van der Waals surface area (Å²) in [6, 6.07) is 5.82. The molecule has 0 unspecified atom stereocenters. The van der Waals surface area contributed by atoms with Crippen LogP contribution >= 0.6 is 11.6 Å². The summed E-state index contributed by atoms with van der Waals surface area (Å²) in [5, 5.41) is 0.669. The molecule has 0 spiro atoms. The Morgan fingerprint density at radius 1 is 1.44 bits per heavy atom. The molecule has 2 rings (SSSR count). The predicted molar refractivity (Wildman–Crippen MR) is 63.6 cm³/mol. The Hall–Kier alpha value is -0.770. The molecule has 1 fully saturated rings. The minimum absolute atomic E-state index is 0.362. The van der Waals surface area contributed by atoms with Gasteiger partial charge in [-0.15, -0.1) is 0 Å². The lowest BCUT2D eigenvalue weighted by Gasteiger charge is -2.26. The van der Waals surface area contributed by atoms with E-state index >= 15 is 0 Å². The zero-order chi connectivity index (χ0) is 11.4. The van der Waals surface area contributed by atoms with Gasteiger partial charge in [0.25, 0.3) is 0 Å². The van der Waals surface area contributed by atoms with Crippen molar-refractivity contribution >= 4 is 11.6 Å². The molecule has 3 nitrogen and oxygen atoms in total. The molecule has 0 atom stereocenters. The van der Waals surface area contributed by atoms with Crippen molar-refractivity contribution in [2.45, 2.75) is 31.9 Å². The van der Waals surface area contributed by atoms with E-state index in [2.05, 4.69) is 5.48 Å². The highest BCUT2D eigenvalue weighted by Gasteiger charge is 2.20. The molecule has 88 valence electrons. The maximum Gasteiger partial charge on any atom is 0.138 e. The van der Waals surface area contributed by atoms with E-state index in [9.17, 15) is 0 Å². The molecule has 1 N–H and O–H groups in total. The van der Waals surface area contributed by atoms with E-state index in [1.54, 1.807) is 7.11 Å². The zero-order valence-electron chi connectivity index (χ0n) is 9.33. The third-order valence-electron chi connectivity index (χ3n) is 2.76. The Labute approximate surface area is 101 Å². The molecule has 4 heteroatoms. The number of nitrogens with one attached hydrogen (secondary N) is 1. The minimum atomic E-state index is 0.362. The fourth-order valence-electron chi connectivity index (χ4n) is 1.57. The van der Waals surface area contributed by atoms with Crippen molar-refractivity contribution < 1.29 is 9.57 Å². The van der Waals surface area contributed by atoms with Gasteiger partial charge in [0.05, 0.1) is 18.2 Å². The number of benzene rings is 1. The van der Waals surface area contributed by atoms with Crippen LogP contribution in [0.25, 0.3) is 0 Å². The van der Waals surface area contributed by atoms with Crippen molar-refractivity contribution in [2.75, 3.05) is 7.11 Å². The number of hydrogen-bond acceptors (Lipinski definition) is 3. The molecule has 0 amide bonds. The maximum absolute atomic E-state index is 6.14. The highest BCUT2D eigenvalue weighted by molar-refractivity contribution is 6.32. The summed E-state index contributed by atoms with van der Waals surface area (Å²) in [4.78, 5) is 4.78. The summed E-state index contributed by atoms with van der Waals surface area (Å²) in [5.41, 5.74) is 3.85. The van der Waals surface area contributed by atoms with Gasteiger partial charge < -0.3 is 9.57 Å². The fourth-order valence-corrected chi connectivity index (χ4v) is 1.82. The van der Waals surface area contributed by atoms with Gasteiger partial charge in [0.1, 0.15) is 5.75 Å². The molecule has 0 bridgehead atoms. The molecule has 0 aliphatic heterocycles. The summed E-state index contributed by atoms with van der Waals surface area (Å²) >= 11 is 6.14. The summed E-state index contributed by atoms with van der Waals surface area (Å²) < 4.78 is 5.76. The number of hydrogen-bond donors (Lipinski definition) is 1. The topological polar surface area (TPSA) is 30.5 Å². The van der Waals surface area contributed by atoms with Gasteiger partial charge in [-0.1, -0.05) is 17.7 Å². The van der Waals surface area contributed by atoms with Gasteiger partial charge >= 0.3 is 0 Å². The van der Waals surface area contributed by atoms with Crippen LogP contribution in [0.15, 0.2) is 18.2 Å². The number of hydroxylamine groups is 1. The highest BCUT2D eigenvalue weighted by atomic mass is 35.5.